The summed E-state index contributed by atoms with van der Waals surface area (Å²) in [5, 5.41) is 12.6. The molecule has 0 aliphatic heterocycles. The number of carbonyl (C=O) groups excluding carboxylic acids is 2. The highest BCUT2D eigenvalue weighted by atomic mass is 19.4. The van der Waals surface area contributed by atoms with Crippen LogP contribution in [0, 0.1) is 0 Å². The van der Waals surface area contributed by atoms with Gasteiger partial charge in [0.25, 0.3) is 0 Å². The zero-order valence-corrected chi connectivity index (χ0v) is 13.2. The van der Waals surface area contributed by atoms with E-state index in [1.54, 1.807) is 24.4 Å². The first-order valence-electron chi connectivity index (χ1n) is 7.14. The average molecular weight is 362 g/mol. The van der Waals surface area contributed by atoms with Gasteiger partial charge in [-0.3, -0.25) is 9.59 Å². The third-order valence-electron chi connectivity index (χ3n) is 2.93. The molecular formula is C15H17F3N2O5. The van der Waals surface area contributed by atoms with Crippen molar-refractivity contribution in [2.75, 3.05) is 13.2 Å². The molecule has 2 amide bonds. The average Bonchev–Trinajstić information content (AvgIpc) is 2.50. The number of nitrogens with one attached hydrogen (secondary N) is 2. The number of halogens is 3. The molecule has 0 heterocycles. The van der Waals surface area contributed by atoms with E-state index >= 15 is 0 Å². The molecular weight excluding hydrogens is 345 g/mol. The normalized spacial score (nSPS) is 12.2. The van der Waals surface area contributed by atoms with Gasteiger partial charge in [-0.15, -0.1) is 0 Å². The highest BCUT2D eigenvalue weighted by Crippen LogP contribution is 2.17. The number of hydrogen-bond donors (Lipinski definition) is 3. The number of carbonyl (C=O) groups is 3. The summed E-state index contributed by atoms with van der Waals surface area (Å²) in [6, 6.07) is 5.70. The van der Waals surface area contributed by atoms with Gasteiger partial charge in [0.2, 0.25) is 11.8 Å². The summed E-state index contributed by atoms with van der Waals surface area (Å²) in [6.45, 7) is -0.357. The lowest BCUT2D eigenvalue weighted by molar-refractivity contribution is -0.141. The van der Waals surface area contributed by atoms with Crippen molar-refractivity contribution in [1.29, 1.82) is 0 Å². The molecule has 0 aliphatic carbocycles. The Labute approximate surface area is 141 Å². The molecule has 0 fully saturated rings. The van der Waals surface area contributed by atoms with Crippen molar-refractivity contribution < 1.29 is 37.4 Å². The molecule has 10 heteroatoms. The summed E-state index contributed by atoms with van der Waals surface area (Å²) in [6.07, 6.45) is -5.26. The van der Waals surface area contributed by atoms with Gasteiger partial charge in [0.15, 0.2) is 6.61 Å². The van der Waals surface area contributed by atoms with Gasteiger partial charge >= 0.3 is 12.1 Å². The number of rotatable bonds is 8. The molecule has 0 aliphatic rings. The van der Waals surface area contributed by atoms with Gasteiger partial charge in [0.1, 0.15) is 18.7 Å². The molecule has 25 heavy (non-hydrogen) atoms. The molecule has 1 rings (SSSR count). The predicted molar refractivity (Wildman–Crippen MR) is 79.8 cm³/mol. The molecule has 0 bridgehead atoms. The lowest BCUT2D eigenvalue weighted by Gasteiger charge is -2.15. The Balaban J connectivity index is 2.46. The van der Waals surface area contributed by atoms with Gasteiger partial charge in [-0.25, -0.2) is 4.79 Å². The zero-order chi connectivity index (χ0) is 19.0. The fourth-order valence-electron chi connectivity index (χ4n) is 1.78. The second-order valence-corrected chi connectivity index (χ2v) is 5.11. The number of amides is 2. The first kappa shape index (κ1) is 20.3. The molecule has 0 saturated carbocycles. The van der Waals surface area contributed by atoms with Crippen LogP contribution in [-0.2, 0) is 14.4 Å². The second kappa shape index (κ2) is 8.90. The number of carboxylic acids is 1. The monoisotopic (exact) mass is 362 g/mol. The van der Waals surface area contributed by atoms with E-state index in [0.29, 0.717) is 11.3 Å². The van der Waals surface area contributed by atoms with Gasteiger partial charge < -0.3 is 20.5 Å². The molecule has 1 aromatic carbocycles. The lowest BCUT2D eigenvalue weighted by Crippen LogP contribution is -2.37. The van der Waals surface area contributed by atoms with Crippen LogP contribution in [0.4, 0.5) is 13.2 Å². The molecule has 1 unspecified atom stereocenters. The fourth-order valence-corrected chi connectivity index (χ4v) is 1.78. The number of benzene rings is 1. The molecule has 138 valence electrons. The quantitative estimate of drug-likeness (QED) is 0.607. The van der Waals surface area contributed by atoms with Crippen molar-refractivity contribution >= 4 is 17.8 Å². The largest absolute Gasteiger partial charge is 0.482 e. The Morgan fingerprint density at radius 1 is 1.16 bits per heavy atom. The molecule has 0 saturated heterocycles. The third kappa shape index (κ3) is 8.58. The van der Waals surface area contributed by atoms with Crippen LogP contribution in [-0.4, -0.2) is 42.2 Å². The minimum absolute atomic E-state index is 0.330. The molecule has 0 aromatic heterocycles. The number of ether oxygens (including phenoxy) is 1. The maximum absolute atomic E-state index is 12.0. The predicted octanol–water partition coefficient (Wildman–Crippen LogP) is 1.40. The Hall–Kier alpha value is -2.78. The van der Waals surface area contributed by atoms with E-state index in [1.807, 2.05) is 0 Å². The van der Waals surface area contributed by atoms with E-state index in [4.69, 9.17) is 9.84 Å². The SMILES string of the molecule is CC(NC(=O)CC(=O)NCC(F)(F)F)c1ccc(OCC(=O)O)cc1. The van der Waals surface area contributed by atoms with Crippen LogP contribution in [0.1, 0.15) is 24.9 Å². The van der Waals surface area contributed by atoms with E-state index in [2.05, 4.69) is 5.32 Å². The smallest absolute Gasteiger partial charge is 0.405 e. The van der Waals surface area contributed by atoms with Crippen LogP contribution >= 0.6 is 0 Å². The topological polar surface area (TPSA) is 105 Å². The number of carboxylic acid groups (broad SMARTS) is 1. The highest BCUT2D eigenvalue weighted by Gasteiger charge is 2.28. The van der Waals surface area contributed by atoms with Gasteiger partial charge in [-0.2, -0.15) is 13.2 Å². The maximum atomic E-state index is 12.0. The van der Waals surface area contributed by atoms with Gasteiger partial charge in [0, 0.05) is 0 Å². The number of hydrogen-bond acceptors (Lipinski definition) is 4. The minimum atomic E-state index is -4.54. The summed E-state index contributed by atoms with van der Waals surface area (Å²) in [4.78, 5) is 33.3. The van der Waals surface area contributed by atoms with Crippen molar-refractivity contribution in [3.8, 4) is 5.75 Å². The molecule has 1 aromatic rings. The second-order valence-electron chi connectivity index (χ2n) is 5.11. The Bertz CT molecular complexity index is 617. The van der Waals surface area contributed by atoms with E-state index < -0.39 is 49.6 Å². The van der Waals surface area contributed by atoms with Crippen LogP contribution in [0.3, 0.4) is 0 Å². The Kier molecular flexibility index (Phi) is 7.22. The highest BCUT2D eigenvalue weighted by molar-refractivity contribution is 5.97. The lowest BCUT2D eigenvalue weighted by atomic mass is 10.1. The first-order valence-corrected chi connectivity index (χ1v) is 7.14. The van der Waals surface area contributed by atoms with Crippen molar-refractivity contribution in [2.24, 2.45) is 0 Å². The van der Waals surface area contributed by atoms with Crippen LogP contribution in [0.2, 0.25) is 0 Å². The van der Waals surface area contributed by atoms with Crippen LogP contribution in [0.25, 0.3) is 0 Å². The standard InChI is InChI=1S/C15H17F3N2O5/c1-9(10-2-4-11(5-3-10)25-7-14(23)24)20-13(22)6-12(21)19-8-15(16,17)18/h2-5,9H,6-8H2,1H3,(H,19,21)(H,20,22)(H,23,24). The van der Waals surface area contributed by atoms with Gasteiger partial charge in [0.05, 0.1) is 6.04 Å². The Morgan fingerprint density at radius 3 is 2.28 bits per heavy atom. The Morgan fingerprint density at radius 2 is 1.76 bits per heavy atom. The first-order chi connectivity index (χ1) is 11.6. The molecule has 1 atom stereocenters. The minimum Gasteiger partial charge on any atom is -0.482 e. The fraction of sp³-hybridized carbons (Fsp3) is 0.400. The number of alkyl halides is 3. The number of aliphatic carboxylic acids is 1. The van der Waals surface area contributed by atoms with Crippen LogP contribution in [0.15, 0.2) is 24.3 Å². The summed E-state index contributed by atoms with van der Waals surface area (Å²) in [5.74, 6) is -2.54. The van der Waals surface area contributed by atoms with Gasteiger partial charge in [-0.05, 0) is 24.6 Å². The van der Waals surface area contributed by atoms with Crippen LogP contribution in [0.5, 0.6) is 5.75 Å². The molecule has 0 spiro atoms. The van der Waals surface area contributed by atoms with Crippen molar-refractivity contribution in [1.82, 2.24) is 10.6 Å². The van der Waals surface area contributed by atoms with E-state index in [1.165, 1.54) is 12.1 Å². The van der Waals surface area contributed by atoms with Crippen molar-refractivity contribution in [2.45, 2.75) is 25.6 Å². The molecule has 3 N–H and O–H groups in total. The summed E-state index contributed by atoms with van der Waals surface area (Å²) in [5.41, 5.74) is 0.645. The van der Waals surface area contributed by atoms with E-state index in [0.717, 1.165) is 0 Å². The zero-order valence-electron chi connectivity index (χ0n) is 13.2. The third-order valence-corrected chi connectivity index (χ3v) is 2.93. The molecule has 7 nitrogen and oxygen atoms in total. The summed E-state index contributed by atoms with van der Waals surface area (Å²) in [7, 11) is 0. The van der Waals surface area contributed by atoms with Crippen molar-refractivity contribution in [3.63, 3.8) is 0 Å². The summed E-state index contributed by atoms with van der Waals surface area (Å²) < 4.78 is 40.8. The van der Waals surface area contributed by atoms with E-state index in [9.17, 15) is 27.6 Å². The van der Waals surface area contributed by atoms with Crippen LogP contribution < -0.4 is 15.4 Å². The van der Waals surface area contributed by atoms with Gasteiger partial charge in [-0.1, -0.05) is 12.1 Å². The van der Waals surface area contributed by atoms with Crippen molar-refractivity contribution in [3.05, 3.63) is 29.8 Å². The molecule has 0 radical (unpaired) electrons. The maximum Gasteiger partial charge on any atom is 0.405 e. The summed E-state index contributed by atoms with van der Waals surface area (Å²) >= 11 is 0. The van der Waals surface area contributed by atoms with E-state index in [-0.39, 0.29) is 0 Å².